The summed E-state index contributed by atoms with van der Waals surface area (Å²) in [6, 6.07) is 0.630. The van der Waals surface area contributed by atoms with Crippen molar-refractivity contribution >= 4 is 5.95 Å². The fourth-order valence-corrected chi connectivity index (χ4v) is 2.10. The maximum atomic E-state index is 13.3. The third kappa shape index (κ3) is 4.00. The molecule has 0 bridgehead atoms. The number of aryl methyl sites for hydroxylation is 1. The molecular weight excluding hydrogens is 356 g/mol. The van der Waals surface area contributed by atoms with E-state index in [9.17, 15) is 31.4 Å². The normalized spacial score (nSPS) is 15.0. The average molecular weight is 369 g/mol. The lowest BCUT2D eigenvalue weighted by atomic mass is 9.97. The summed E-state index contributed by atoms with van der Waals surface area (Å²) in [5.74, 6) is -1.13. The van der Waals surface area contributed by atoms with Crippen LogP contribution >= 0.6 is 0 Å². The molecule has 0 spiro atoms. The van der Waals surface area contributed by atoms with E-state index in [1.165, 1.54) is 13.2 Å². The van der Waals surface area contributed by atoms with Crippen molar-refractivity contribution in [2.75, 3.05) is 11.9 Å². The summed E-state index contributed by atoms with van der Waals surface area (Å²) in [7, 11) is 1.28. The molecule has 0 amide bonds. The van der Waals surface area contributed by atoms with Crippen LogP contribution in [0.3, 0.4) is 0 Å². The molecule has 138 valence electrons. The molecule has 0 fully saturated rings. The quantitative estimate of drug-likeness (QED) is 0.792. The molecule has 0 aliphatic carbocycles. The monoisotopic (exact) mass is 369 g/mol. The number of imidazole rings is 1. The first-order valence-electron chi connectivity index (χ1n) is 6.86. The van der Waals surface area contributed by atoms with Crippen molar-refractivity contribution in [1.29, 1.82) is 0 Å². The van der Waals surface area contributed by atoms with Gasteiger partial charge in [-0.15, -0.1) is 0 Å². The molecule has 2 heterocycles. The zero-order valence-electron chi connectivity index (χ0n) is 12.7. The Balaban J connectivity index is 2.14. The molecule has 0 aromatic carbocycles. The zero-order valence-corrected chi connectivity index (χ0v) is 12.7. The van der Waals surface area contributed by atoms with Gasteiger partial charge in [0.2, 0.25) is 11.5 Å². The molecular formula is C13H13F6N5O. The van der Waals surface area contributed by atoms with E-state index in [0.29, 0.717) is 6.07 Å². The van der Waals surface area contributed by atoms with Gasteiger partial charge in [0.05, 0.1) is 0 Å². The molecule has 0 unspecified atom stereocenters. The van der Waals surface area contributed by atoms with Crippen LogP contribution in [0.25, 0.3) is 0 Å². The van der Waals surface area contributed by atoms with E-state index in [2.05, 4.69) is 20.3 Å². The van der Waals surface area contributed by atoms with Crippen LogP contribution in [0.1, 0.15) is 17.9 Å². The molecule has 2 aromatic heterocycles. The molecule has 0 aliphatic rings. The maximum Gasteiger partial charge on any atom is 0.433 e. The van der Waals surface area contributed by atoms with Crippen LogP contribution in [0, 0.1) is 0 Å². The number of rotatable bonds is 5. The minimum atomic E-state index is -5.04. The molecule has 0 aliphatic heterocycles. The van der Waals surface area contributed by atoms with Gasteiger partial charge in [-0.05, 0) is 6.07 Å². The fourth-order valence-electron chi connectivity index (χ4n) is 2.10. The van der Waals surface area contributed by atoms with Crippen molar-refractivity contribution < 1.29 is 31.4 Å². The molecule has 2 rings (SSSR count). The lowest BCUT2D eigenvalue weighted by Gasteiger charge is -2.29. The second kappa shape index (κ2) is 6.50. The van der Waals surface area contributed by atoms with Gasteiger partial charge in [-0.25, -0.2) is 15.0 Å². The van der Waals surface area contributed by atoms with Gasteiger partial charge >= 0.3 is 12.4 Å². The van der Waals surface area contributed by atoms with Crippen LogP contribution in [0.2, 0.25) is 0 Å². The van der Waals surface area contributed by atoms with Gasteiger partial charge in [-0.2, -0.15) is 26.3 Å². The van der Waals surface area contributed by atoms with Crippen LogP contribution < -0.4 is 5.32 Å². The second-order valence-electron chi connectivity index (χ2n) is 5.16. The predicted octanol–water partition coefficient (Wildman–Crippen LogP) is 2.48. The minimum absolute atomic E-state index is 0.501. The first-order chi connectivity index (χ1) is 11.4. The summed E-state index contributed by atoms with van der Waals surface area (Å²) in [4.78, 5) is 10.2. The maximum absolute atomic E-state index is 13.3. The summed E-state index contributed by atoms with van der Waals surface area (Å²) in [6.45, 7) is -0.538. The first kappa shape index (κ1) is 19.0. The van der Waals surface area contributed by atoms with Crippen molar-refractivity contribution in [2.24, 2.45) is 7.05 Å². The first-order valence-corrected chi connectivity index (χ1v) is 6.86. The van der Waals surface area contributed by atoms with Crippen molar-refractivity contribution in [3.8, 4) is 0 Å². The van der Waals surface area contributed by atoms with E-state index < -0.39 is 48.4 Å². The molecule has 0 saturated carbocycles. The Morgan fingerprint density at radius 3 is 2.32 bits per heavy atom. The largest absolute Gasteiger partial charge is 0.433 e. The number of halogens is 6. The topological polar surface area (TPSA) is 75.9 Å². The van der Waals surface area contributed by atoms with Crippen molar-refractivity contribution in [3.63, 3.8) is 0 Å². The Hall–Kier alpha value is -2.37. The van der Waals surface area contributed by atoms with Gasteiger partial charge < -0.3 is 15.0 Å². The Morgan fingerprint density at radius 1 is 1.12 bits per heavy atom. The van der Waals surface area contributed by atoms with Gasteiger partial charge in [0, 0.05) is 38.6 Å². The zero-order chi connectivity index (χ0) is 18.9. The number of aliphatic hydroxyl groups is 1. The number of hydrogen-bond donors (Lipinski definition) is 2. The summed E-state index contributed by atoms with van der Waals surface area (Å²) in [5, 5.41) is 12.3. The minimum Gasteiger partial charge on any atom is -0.374 e. The fraction of sp³-hybridized carbons (Fsp3) is 0.462. The van der Waals surface area contributed by atoms with Crippen LogP contribution in [0.15, 0.2) is 24.7 Å². The number of aromatic nitrogens is 4. The molecule has 2 aromatic rings. The van der Waals surface area contributed by atoms with Gasteiger partial charge in [0.15, 0.2) is 0 Å². The van der Waals surface area contributed by atoms with E-state index in [-0.39, 0.29) is 0 Å². The Morgan fingerprint density at radius 2 is 1.80 bits per heavy atom. The molecule has 0 saturated heterocycles. The average Bonchev–Trinajstić information content (AvgIpc) is 2.92. The van der Waals surface area contributed by atoms with Gasteiger partial charge in [0.25, 0.3) is 0 Å². The van der Waals surface area contributed by atoms with Gasteiger partial charge in [-0.1, -0.05) is 0 Å². The van der Waals surface area contributed by atoms with Gasteiger partial charge in [0.1, 0.15) is 11.5 Å². The standard InChI is InChI=1S/C13H13F6N5O/c1-24-7-6-20-9(24)11(25,13(17,18)19)3-5-22-10-21-4-2-8(23-10)12(14,15)16/h2,4,6-7,25H,3,5H2,1H3,(H,21,22,23)/t11-/m1/s1. The van der Waals surface area contributed by atoms with Gasteiger partial charge in [-0.3, -0.25) is 0 Å². The molecule has 1 atom stereocenters. The van der Waals surface area contributed by atoms with E-state index in [0.717, 1.165) is 17.0 Å². The summed E-state index contributed by atoms with van der Waals surface area (Å²) < 4.78 is 78.5. The number of nitrogens with one attached hydrogen (secondary N) is 1. The highest BCUT2D eigenvalue weighted by atomic mass is 19.4. The third-order valence-corrected chi connectivity index (χ3v) is 3.38. The number of hydrogen-bond acceptors (Lipinski definition) is 5. The summed E-state index contributed by atoms with van der Waals surface area (Å²) in [5.41, 5.74) is -4.51. The van der Waals surface area contributed by atoms with E-state index in [1.807, 2.05) is 0 Å². The highest BCUT2D eigenvalue weighted by molar-refractivity contribution is 5.26. The lowest BCUT2D eigenvalue weighted by Crippen LogP contribution is -2.45. The smallest absolute Gasteiger partial charge is 0.374 e. The van der Waals surface area contributed by atoms with Crippen molar-refractivity contribution in [3.05, 3.63) is 36.2 Å². The molecule has 2 N–H and O–H groups in total. The lowest BCUT2D eigenvalue weighted by molar-refractivity contribution is -0.271. The van der Waals surface area contributed by atoms with Crippen molar-refractivity contribution in [2.45, 2.75) is 24.4 Å². The van der Waals surface area contributed by atoms with E-state index >= 15 is 0 Å². The summed E-state index contributed by atoms with van der Waals surface area (Å²) in [6.07, 6.45) is -7.50. The number of anilines is 1. The van der Waals surface area contributed by atoms with Crippen LogP contribution in [-0.4, -0.2) is 37.3 Å². The van der Waals surface area contributed by atoms with Crippen LogP contribution in [0.5, 0.6) is 0 Å². The summed E-state index contributed by atoms with van der Waals surface area (Å²) >= 11 is 0. The SMILES string of the molecule is Cn1ccnc1[C@](O)(CCNc1nccc(C(F)(F)F)n1)C(F)(F)F. The highest BCUT2D eigenvalue weighted by Gasteiger charge is 2.57. The third-order valence-electron chi connectivity index (χ3n) is 3.38. The molecule has 12 heteroatoms. The van der Waals surface area contributed by atoms with E-state index in [1.54, 1.807) is 0 Å². The Kier molecular flexibility index (Phi) is 4.93. The predicted molar refractivity (Wildman–Crippen MR) is 73.3 cm³/mol. The molecule has 0 radical (unpaired) electrons. The Labute approximate surface area is 137 Å². The second-order valence-corrected chi connectivity index (χ2v) is 5.16. The van der Waals surface area contributed by atoms with Crippen LogP contribution in [0.4, 0.5) is 32.3 Å². The Bertz CT molecular complexity index is 728. The number of alkyl halides is 6. The molecule has 6 nitrogen and oxygen atoms in total. The molecule has 25 heavy (non-hydrogen) atoms. The van der Waals surface area contributed by atoms with Crippen molar-refractivity contribution in [1.82, 2.24) is 19.5 Å². The number of nitrogens with zero attached hydrogens (tertiary/aromatic N) is 4. The highest BCUT2D eigenvalue weighted by Crippen LogP contribution is 2.40. The van der Waals surface area contributed by atoms with E-state index in [4.69, 9.17) is 0 Å². The van der Waals surface area contributed by atoms with Crippen LogP contribution in [-0.2, 0) is 18.8 Å².